The first-order valence-corrected chi connectivity index (χ1v) is 11.0. The molecule has 3 aromatic rings. The van der Waals surface area contributed by atoms with Crippen LogP contribution in [0.3, 0.4) is 0 Å². The minimum absolute atomic E-state index is 0.0875. The van der Waals surface area contributed by atoms with Gasteiger partial charge in [0.25, 0.3) is 0 Å². The van der Waals surface area contributed by atoms with Crippen molar-refractivity contribution in [1.29, 1.82) is 0 Å². The maximum Gasteiger partial charge on any atom is 0.237 e. The molecule has 0 aliphatic carbocycles. The molecular formula is C24H23ClN2O3S. The van der Waals surface area contributed by atoms with Gasteiger partial charge in [-0.3, -0.25) is 9.59 Å². The summed E-state index contributed by atoms with van der Waals surface area (Å²) in [4.78, 5) is 25.8. The Hall–Kier alpha value is -2.96. The first-order chi connectivity index (χ1) is 14.9. The summed E-state index contributed by atoms with van der Waals surface area (Å²) < 4.78 is 5.12. The average molecular weight is 455 g/mol. The Morgan fingerprint density at radius 3 is 2.42 bits per heavy atom. The summed E-state index contributed by atoms with van der Waals surface area (Å²) in [6.45, 7) is 1.83. The van der Waals surface area contributed by atoms with Crippen molar-refractivity contribution in [3.8, 4) is 5.75 Å². The summed E-state index contributed by atoms with van der Waals surface area (Å²) >= 11 is 7.52. The minimum atomic E-state index is -0.351. The average Bonchev–Trinajstić information content (AvgIpc) is 2.74. The molecule has 0 saturated heterocycles. The Balaban J connectivity index is 1.57. The molecular weight excluding hydrogens is 432 g/mol. The fourth-order valence-electron chi connectivity index (χ4n) is 2.88. The van der Waals surface area contributed by atoms with Crippen molar-refractivity contribution in [3.63, 3.8) is 0 Å². The number of benzene rings is 3. The molecule has 0 saturated carbocycles. The van der Waals surface area contributed by atoms with Crippen LogP contribution in [-0.4, -0.2) is 24.2 Å². The number of nitrogens with one attached hydrogen (secondary N) is 2. The number of ether oxygens (including phenoxy) is 1. The van der Waals surface area contributed by atoms with Crippen molar-refractivity contribution in [3.05, 3.63) is 83.4 Å². The van der Waals surface area contributed by atoms with Crippen molar-refractivity contribution >= 4 is 46.6 Å². The van der Waals surface area contributed by atoms with E-state index in [0.717, 1.165) is 10.5 Å². The van der Waals surface area contributed by atoms with Crippen molar-refractivity contribution < 1.29 is 14.3 Å². The van der Waals surface area contributed by atoms with Crippen LogP contribution in [0.4, 0.5) is 11.4 Å². The molecule has 0 heterocycles. The van der Waals surface area contributed by atoms with Gasteiger partial charge in [0, 0.05) is 16.3 Å². The lowest BCUT2D eigenvalue weighted by atomic mass is 10.1. The topological polar surface area (TPSA) is 67.4 Å². The molecule has 5 nitrogen and oxygen atoms in total. The van der Waals surface area contributed by atoms with Crippen molar-refractivity contribution in [1.82, 2.24) is 0 Å². The smallest absolute Gasteiger partial charge is 0.237 e. The Kier molecular flexibility index (Phi) is 7.98. The third-order valence-corrected chi connectivity index (χ3v) is 5.82. The van der Waals surface area contributed by atoms with Crippen LogP contribution in [-0.2, 0) is 16.0 Å². The lowest BCUT2D eigenvalue weighted by molar-refractivity contribution is -0.116. The number of hydrogen-bond acceptors (Lipinski definition) is 4. The number of rotatable bonds is 8. The van der Waals surface area contributed by atoms with Gasteiger partial charge >= 0.3 is 0 Å². The zero-order valence-corrected chi connectivity index (χ0v) is 18.8. The van der Waals surface area contributed by atoms with E-state index in [9.17, 15) is 9.59 Å². The molecule has 0 fully saturated rings. The highest BCUT2D eigenvalue weighted by Crippen LogP contribution is 2.29. The second-order valence-electron chi connectivity index (χ2n) is 6.84. The highest BCUT2D eigenvalue weighted by molar-refractivity contribution is 8.00. The summed E-state index contributed by atoms with van der Waals surface area (Å²) in [5.41, 5.74) is 2.25. The molecule has 2 N–H and O–H groups in total. The summed E-state index contributed by atoms with van der Waals surface area (Å²) in [5, 5.41) is 5.85. The predicted octanol–water partition coefficient (Wildman–Crippen LogP) is 5.65. The van der Waals surface area contributed by atoms with Gasteiger partial charge in [-0.15, -0.1) is 11.8 Å². The normalized spacial score (nSPS) is 11.5. The molecule has 0 aromatic heterocycles. The van der Waals surface area contributed by atoms with Gasteiger partial charge in [0.15, 0.2) is 0 Å². The first kappa shape index (κ1) is 22.7. The number of halogens is 1. The molecule has 3 aromatic carbocycles. The van der Waals surface area contributed by atoms with E-state index in [4.69, 9.17) is 16.3 Å². The van der Waals surface area contributed by atoms with Gasteiger partial charge in [-0.05, 0) is 48.9 Å². The van der Waals surface area contributed by atoms with E-state index in [-0.39, 0.29) is 17.1 Å². The van der Waals surface area contributed by atoms with Crippen LogP contribution in [0.5, 0.6) is 5.75 Å². The van der Waals surface area contributed by atoms with E-state index in [0.29, 0.717) is 28.6 Å². The Morgan fingerprint density at radius 1 is 0.968 bits per heavy atom. The fraction of sp³-hybridized carbons (Fsp3) is 0.167. The van der Waals surface area contributed by atoms with Gasteiger partial charge in [-0.2, -0.15) is 0 Å². The molecule has 31 heavy (non-hydrogen) atoms. The standard InChI is InChI=1S/C24H23ClN2O3S/c1-16(24(29)27-19-11-12-22(30-2)21(25)15-19)31-20-10-6-9-18(14-20)26-23(28)13-17-7-4-3-5-8-17/h3-12,14-16H,13H2,1-2H3,(H,26,28)(H,27,29). The first-order valence-electron chi connectivity index (χ1n) is 9.69. The van der Waals surface area contributed by atoms with Crippen LogP contribution in [0, 0.1) is 0 Å². The van der Waals surface area contributed by atoms with Crippen molar-refractivity contribution in [2.45, 2.75) is 23.5 Å². The highest BCUT2D eigenvalue weighted by Gasteiger charge is 2.16. The van der Waals surface area contributed by atoms with E-state index >= 15 is 0 Å². The van der Waals surface area contributed by atoms with Crippen LogP contribution in [0.1, 0.15) is 12.5 Å². The van der Waals surface area contributed by atoms with Crippen LogP contribution in [0.2, 0.25) is 5.02 Å². The molecule has 3 rings (SSSR count). The largest absolute Gasteiger partial charge is 0.495 e. The van der Waals surface area contributed by atoms with Gasteiger partial charge in [0.05, 0.1) is 23.8 Å². The van der Waals surface area contributed by atoms with E-state index in [1.807, 2.05) is 61.5 Å². The number of carbonyl (C=O) groups excluding carboxylic acids is 2. The molecule has 160 valence electrons. The van der Waals surface area contributed by atoms with Crippen molar-refractivity contribution in [2.75, 3.05) is 17.7 Å². The molecule has 0 aliphatic heterocycles. The zero-order chi connectivity index (χ0) is 22.2. The number of thioether (sulfide) groups is 1. The summed E-state index contributed by atoms with van der Waals surface area (Å²) in [6, 6.07) is 22.1. The van der Waals surface area contributed by atoms with Gasteiger partial charge in [0.2, 0.25) is 11.8 Å². The summed E-state index contributed by atoms with van der Waals surface area (Å²) in [7, 11) is 1.54. The molecule has 1 atom stereocenters. The number of anilines is 2. The van der Waals surface area contributed by atoms with E-state index < -0.39 is 0 Å². The molecule has 2 amide bonds. The van der Waals surface area contributed by atoms with Crippen LogP contribution < -0.4 is 15.4 Å². The third-order valence-electron chi connectivity index (χ3n) is 4.43. The third kappa shape index (κ3) is 6.77. The van der Waals surface area contributed by atoms with E-state index in [2.05, 4.69) is 10.6 Å². The lowest BCUT2D eigenvalue weighted by Gasteiger charge is -2.14. The van der Waals surface area contributed by atoms with Gasteiger partial charge in [-0.1, -0.05) is 48.0 Å². The summed E-state index contributed by atoms with van der Waals surface area (Å²) in [5.74, 6) is 0.313. The fourth-order valence-corrected chi connectivity index (χ4v) is 4.06. The van der Waals surface area contributed by atoms with Crippen LogP contribution in [0.25, 0.3) is 0 Å². The SMILES string of the molecule is COc1ccc(NC(=O)C(C)Sc2cccc(NC(=O)Cc3ccccc3)c2)cc1Cl. The van der Waals surface area contributed by atoms with E-state index in [1.165, 1.54) is 18.9 Å². The van der Waals surface area contributed by atoms with Gasteiger partial charge < -0.3 is 15.4 Å². The molecule has 0 aliphatic rings. The van der Waals surface area contributed by atoms with Crippen molar-refractivity contribution in [2.24, 2.45) is 0 Å². The number of amides is 2. The Bertz CT molecular complexity index is 1060. The molecule has 0 radical (unpaired) electrons. The zero-order valence-electron chi connectivity index (χ0n) is 17.2. The van der Waals surface area contributed by atoms with Crippen LogP contribution >= 0.6 is 23.4 Å². The number of carbonyl (C=O) groups is 2. The second kappa shape index (κ2) is 10.9. The molecule has 0 spiro atoms. The second-order valence-corrected chi connectivity index (χ2v) is 8.66. The Labute approximate surface area is 191 Å². The highest BCUT2D eigenvalue weighted by atomic mass is 35.5. The number of methoxy groups -OCH3 is 1. The quantitative estimate of drug-likeness (QED) is 0.431. The maximum atomic E-state index is 12.6. The summed E-state index contributed by atoms with van der Waals surface area (Å²) in [6.07, 6.45) is 0.307. The Morgan fingerprint density at radius 2 is 1.71 bits per heavy atom. The number of hydrogen-bond donors (Lipinski definition) is 2. The minimum Gasteiger partial charge on any atom is -0.495 e. The molecule has 0 bridgehead atoms. The van der Waals surface area contributed by atoms with E-state index in [1.54, 1.807) is 18.2 Å². The molecule has 7 heteroatoms. The van der Waals surface area contributed by atoms with Crippen LogP contribution in [0.15, 0.2) is 77.7 Å². The lowest BCUT2D eigenvalue weighted by Crippen LogP contribution is -2.22. The predicted molar refractivity (Wildman–Crippen MR) is 127 cm³/mol. The van der Waals surface area contributed by atoms with Gasteiger partial charge in [-0.25, -0.2) is 0 Å². The molecule has 1 unspecified atom stereocenters. The monoisotopic (exact) mass is 454 g/mol. The maximum absolute atomic E-state index is 12.6. The van der Waals surface area contributed by atoms with Gasteiger partial charge in [0.1, 0.15) is 5.75 Å².